The van der Waals surface area contributed by atoms with Crippen LogP contribution in [0.5, 0.6) is 0 Å². The molecule has 0 amide bonds. The molecule has 0 N–H and O–H groups in total. The van der Waals surface area contributed by atoms with Crippen LogP contribution in [0, 0.1) is 0 Å². The van der Waals surface area contributed by atoms with Crippen LogP contribution in [0.15, 0.2) is 18.3 Å². The molecule has 90 valence electrons. The maximum Gasteiger partial charge on any atom is 0.341 e. The van der Waals surface area contributed by atoms with Crippen LogP contribution in [0.4, 0.5) is 0 Å². The largest absolute Gasteiger partial charge is 0.465 e. The van der Waals surface area contributed by atoms with Crippen molar-refractivity contribution < 1.29 is 9.53 Å². The fourth-order valence-corrected chi connectivity index (χ4v) is 1.57. The van der Waals surface area contributed by atoms with Crippen LogP contribution in [0.2, 0.25) is 0 Å². The summed E-state index contributed by atoms with van der Waals surface area (Å²) in [6.07, 6.45) is 1.76. The summed E-state index contributed by atoms with van der Waals surface area (Å²) >= 11 is 0. The van der Waals surface area contributed by atoms with E-state index < -0.39 is 5.97 Å². The number of fused-ring (bicyclic) bond motifs is 1. The van der Waals surface area contributed by atoms with Gasteiger partial charge in [-0.15, -0.1) is 5.10 Å². The van der Waals surface area contributed by atoms with E-state index in [4.69, 9.17) is 4.74 Å². The zero-order valence-electron chi connectivity index (χ0n) is 10.0. The van der Waals surface area contributed by atoms with Crippen molar-refractivity contribution in [3.63, 3.8) is 0 Å². The first-order valence-corrected chi connectivity index (χ1v) is 5.19. The van der Waals surface area contributed by atoms with Gasteiger partial charge in [0.25, 0.3) is 0 Å². The van der Waals surface area contributed by atoms with Gasteiger partial charge in [0.1, 0.15) is 5.56 Å². The average Bonchev–Trinajstić information content (AvgIpc) is 2.68. The number of hydrogen-bond acceptors (Lipinski definition) is 5. The first-order valence-electron chi connectivity index (χ1n) is 5.19. The average molecular weight is 234 g/mol. The van der Waals surface area contributed by atoms with Crippen molar-refractivity contribution in [2.24, 2.45) is 0 Å². The molecule has 6 heteroatoms. The van der Waals surface area contributed by atoms with Gasteiger partial charge in [-0.2, -0.15) is 0 Å². The Morgan fingerprint density at radius 3 is 2.94 bits per heavy atom. The van der Waals surface area contributed by atoms with Gasteiger partial charge in [-0.3, -0.25) is 0 Å². The van der Waals surface area contributed by atoms with Gasteiger partial charge in [0.15, 0.2) is 11.5 Å². The monoisotopic (exact) mass is 234 g/mol. The highest BCUT2D eigenvalue weighted by Gasteiger charge is 2.14. The molecule has 2 rings (SSSR count). The summed E-state index contributed by atoms with van der Waals surface area (Å²) < 4.78 is 6.29. The summed E-state index contributed by atoms with van der Waals surface area (Å²) in [5, 5.41) is 4.29. The van der Waals surface area contributed by atoms with Crippen molar-refractivity contribution in [1.82, 2.24) is 19.5 Å². The van der Waals surface area contributed by atoms with Crippen molar-refractivity contribution in [3.05, 3.63) is 29.7 Å². The number of hydrogen-bond donors (Lipinski definition) is 0. The minimum absolute atomic E-state index is 0.403. The van der Waals surface area contributed by atoms with Gasteiger partial charge in [0.05, 0.1) is 13.7 Å². The molecule has 2 aromatic rings. The Hall–Kier alpha value is -1.95. The van der Waals surface area contributed by atoms with Crippen molar-refractivity contribution in [2.75, 3.05) is 21.2 Å². The van der Waals surface area contributed by atoms with Gasteiger partial charge >= 0.3 is 5.97 Å². The van der Waals surface area contributed by atoms with E-state index in [-0.39, 0.29) is 0 Å². The third-order valence-corrected chi connectivity index (χ3v) is 2.27. The minimum Gasteiger partial charge on any atom is -0.465 e. The van der Waals surface area contributed by atoms with Crippen LogP contribution in [-0.2, 0) is 11.3 Å². The number of carbonyl (C=O) groups is 1. The summed E-state index contributed by atoms with van der Waals surface area (Å²) in [6, 6.07) is 3.42. The fourth-order valence-electron chi connectivity index (χ4n) is 1.57. The van der Waals surface area contributed by atoms with Gasteiger partial charge in [-0.1, -0.05) is 0 Å². The van der Waals surface area contributed by atoms with Gasteiger partial charge in [0.2, 0.25) is 0 Å². The molecule has 0 saturated carbocycles. The molecule has 0 saturated heterocycles. The molecule has 0 atom stereocenters. The molecule has 0 aromatic carbocycles. The molecule has 0 spiro atoms. The lowest BCUT2D eigenvalue weighted by molar-refractivity contribution is 0.0602. The zero-order valence-corrected chi connectivity index (χ0v) is 10.0. The van der Waals surface area contributed by atoms with E-state index in [1.807, 2.05) is 19.0 Å². The molecule has 0 aliphatic heterocycles. The smallest absolute Gasteiger partial charge is 0.341 e. The maximum atomic E-state index is 11.5. The van der Waals surface area contributed by atoms with Gasteiger partial charge in [-0.05, 0) is 26.2 Å². The van der Waals surface area contributed by atoms with Gasteiger partial charge in [-0.25, -0.2) is 14.3 Å². The van der Waals surface area contributed by atoms with Crippen LogP contribution in [0.25, 0.3) is 5.65 Å². The second-order valence-electron chi connectivity index (χ2n) is 3.95. The van der Waals surface area contributed by atoms with Crippen molar-refractivity contribution in [3.8, 4) is 0 Å². The van der Waals surface area contributed by atoms with Crippen LogP contribution in [-0.4, -0.2) is 46.7 Å². The molecule has 0 aliphatic carbocycles. The molecular formula is C11H14N4O2. The summed E-state index contributed by atoms with van der Waals surface area (Å²) in [5.74, 6) is 0.269. The number of methoxy groups -OCH3 is 1. The third-order valence-electron chi connectivity index (χ3n) is 2.27. The Labute approximate surface area is 98.8 Å². The second kappa shape index (κ2) is 4.50. The Balaban J connectivity index is 2.49. The maximum absolute atomic E-state index is 11.5. The van der Waals surface area contributed by atoms with E-state index >= 15 is 0 Å². The van der Waals surface area contributed by atoms with Crippen molar-refractivity contribution in [1.29, 1.82) is 0 Å². The van der Waals surface area contributed by atoms with E-state index in [1.54, 1.807) is 22.8 Å². The molecule has 0 unspecified atom stereocenters. The quantitative estimate of drug-likeness (QED) is 0.727. The number of esters is 1. The zero-order chi connectivity index (χ0) is 12.4. The molecule has 17 heavy (non-hydrogen) atoms. The highest BCUT2D eigenvalue weighted by molar-refractivity contribution is 5.95. The summed E-state index contributed by atoms with van der Waals surface area (Å²) in [7, 11) is 5.22. The molecule has 0 aliphatic rings. The van der Waals surface area contributed by atoms with Crippen LogP contribution in [0.1, 0.15) is 16.2 Å². The highest BCUT2D eigenvalue weighted by atomic mass is 16.5. The number of ether oxygens (including phenoxy) is 1. The number of rotatable bonds is 3. The number of pyridine rings is 1. The van der Waals surface area contributed by atoms with Crippen molar-refractivity contribution in [2.45, 2.75) is 6.54 Å². The molecule has 2 heterocycles. The number of carbonyl (C=O) groups excluding carboxylic acids is 1. The normalized spacial score (nSPS) is 11.1. The number of nitrogens with zero attached hydrogens (tertiary/aromatic N) is 4. The van der Waals surface area contributed by atoms with E-state index in [0.29, 0.717) is 23.6 Å². The van der Waals surface area contributed by atoms with Gasteiger partial charge < -0.3 is 9.64 Å². The molecule has 6 nitrogen and oxygen atoms in total. The summed E-state index contributed by atoms with van der Waals surface area (Å²) in [4.78, 5) is 17.8. The van der Waals surface area contributed by atoms with Crippen molar-refractivity contribution >= 4 is 11.6 Å². The lowest BCUT2D eigenvalue weighted by Gasteiger charge is -2.03. The molecular weight excluding hydrogens is 220 g/mol. The van der Waals surface area contributed by atoms with E-state index in [1.165, 1.54) is 7.11 Å². The lowest BCUT2D eigenvalue weighted by Crippen LogP contribution is -2.11. The molecule has 0 radical (unpaired) electrons. The predicted octanol–water partition coefficient (Wildman–Crippen LogP) is 0.577. The standard InChI is InChI=1S/C11H14N4O2/c1-14(2)7-9-12-10-8(11(16)17-3)5-4-6-15(10)13-9/h4-6H,7H2,1-3H3. The Kier molecular flexibility index (Phi) is 3.06. The predicted molar refractivity (Wildman–Crippen MR) is 61.7 cm³/mol. The Morgan fingerprint density at radius 1 is 1.53 bits per heavy atom. The summed E-state index contributed by atoms with van der Waals surface area (Å²) in [5.41, 5.74) is 0.948. The van der Waals surface area contributed by atoms with E-state index in [2.05, 4.69) is 10.1 Å². The van der Waals surface area contributed by atoms with E-state index in [0.717, 1.165) is 0 Å². The Bertz CT molecular complexity index is 547. The van der Waals surface area contributed by atoms with Gasteiger partial charge in [0, 0.05) is 6.20 Å². The molecule has 0 bridgehead atoms. The lowest BCUT2D eigenvalue weighted by atomic mass is 10.3. The molecule has 2 aromatic heterocycles. The fraction of sp³-hybridized carbons (Fsp3) is 0.364. The SMILES string of the molecule is COC(=O)c1cccn2nc(CN(C)C)nc12. The summed E-state index contributed by atoms with van der Waals surface area (Å²) in [6.45, 7) is 0.627. The van der Waals surface area contributed by atoms with E-state index in [9.17, 15) is 4.79 Å². The van der Waals surface area contributed by atoms with Crippen LogP contribution in [0.3, 0.4) is 0 Å². The Morgan fingerprint density at radius 2 is 2.29 bits per heavy atom. The van der Waals surface area contributed by atoms with Crippen LogP contribution < -0.4 is 0 Å². The molecule has 0 fully saturated rings. The minimum atomic E-state index is -0.403. The highest BCUT2D eigenvalue weighted by Crippen LogP contribution is 2.10. The first kappa shape index (κ1) is 11.5. The first-order chi connectivity index (χ1) is 8.11. The topological polar surface area (TPSA) is 59.7 Å². The third kappa shape index (κ3) is 2.26. The number of aromatic nitrogens is 3. The van der Waals surface area contributed by atoms with Crippen LogP contribution >= 0.6 is 0 Å². The second-order valence-corrected chi connectivity index (χ2v) is 3.95.